The van der Waals surface area contributed by atoms with E-state index in [0.717, 1.165) is 70.6 Å². The fourth-order valence-electron chi connectivity index (χ4n) is 5.89. The SMILES string of the molecule is CC/C=C/C/C=C/C/C=C/CCCCCCCCCCCCCC(=O)OC(COCCC(C(=O)[O-])[N+](C)(C)C)COC(=O)CCCC/C=C/C/C=C/CC. The van der Waals surface area contributed by atoms with Gasteiger partial charge < -0.3 is 28.6 Å². The summed E-state index contributed by atoms with van der Waals surface area (Å²) in [4.78, 5) is 36.7. The molecule has 0 aliphatic rings. The number of nitrogens with zero attached hydrogens (tertiary/aromatic N) is 1. The number of likely N-dealkylation sites (N-methyl/N-ethyl adjacent to an activating group) is 1. The predicted molar refractivity (Wildman–Crippen MR) is 222 cm³/mol. The third-order valence-electron chi connectivity index (χ3n) is 9.15. The molecule has 0 aliphatic carbocycles. The van der Waals surface area contributed by atoms with Gasteiger partial charge in [-0.2, -0.15) is 0 Å². The highest BCUT2D eigenvalue weighted by atomic mass is 16.6. The van der Waals surface area contributed by atoms with Crippen molar-refractivity contribution in [1.29, 1.82) is 0 Å². The number of carbonyl (C=O) groups is 3. The van der Waals surface area contributed by atoms with Gasteiger partial charge in [0.25, 0.3) is 0 Å². The second kappa shape index (κ2) is 37.0. The minimum atomic E-state index is -1.13. The van der Waals surface area contributed by atoms with E-state index in [0.29, 0.717) is 12.8 Å². The number of quaternary nitrogens is 1. The first-order valence-corrected chi connectivity index (χ1v) is 21.3. The predicted octanol–water partition coefficient (Wildman–Crippen LogP) is 10.1. The molecule has 2 atom stereocenters. The van der Waals surface area contributed by atoms with Crippen molar-refractivity contribution in [2.75, 3.05) is 41.0 Å². The summed E-state index contributed by atoms with van der Waals surface area (Å²) in [5.74, 6) is -1.79. The summed E-state index contributed by atoms with van der Waals surface area (Å²) in [6, 6.07) is -0.731. The standard InChI is InChI=1S/C46H79NO7/c1-6-8-10-12-14-16-17-18-19-20-21-22-23-24-25-26-27-29-31-33-35-37-45(49)54-42(40-52-39-38-43(46(50)51)47(3,4)5)41-53-44(48)36-34-32-30-28-15-13-11-9-7-2/h8-11,14-16,18-19,28,42-43H,6-7,12-13,17,20-27,29-41H2,1-5H3/b10-8+,11-9+,16-14+,19-18+,28-15+. The van der Waals surface area contributed by atoms with Crippen molar-refractivity contribution >= 4 is 17.9 Å². The molecule has 8 nitrogen and oxygen atoms in total. The van der Waals surface area contributed by atoms with Crippen LogP contribution in [-0.2, 0) is 28.6 Å². The van der Waals surface area contributed by atoms with E-state index < -0.39 is 18.1 Å². The minimum absolute atomic E-state index is 0.0275. The summed E-state index contributed by atoms with van der Waals surface area (Å²) < 4.78 is 17.1. The lowest BCUT2D eigenvalue weighted by Gasteiger charge is -2.34. The molecule has 0 radical (unpaired) electrons. The number of carbonyl (C=O) groups excluding carboxylic acids is 3. The molecule has 0 aliphatic heterocycles. The number of hydrogen-bond donors (Lipinski definition) is 0. The van der Waals surface area contributed by atoms with Gasteiger partial charge in [-0.1, -0.05) is 132 Å². The van der Waals surface area contributed by atoms with Crippen molar-refractivity contribution in [2.45, 2.75) is 174 Å². The molecule has 0 saturated carbocycles. The van der Waals surface area contributed by atoms with Crippen LogP contribution in [0.3, 0.4) is 0 Å². The van der Waals surface area contributed by atoms with Crippen LogP contribution in [0.1, 0.15) is 162 Å². The summed E-state index contributed by atoms with van der Waals surface area (Å²) in [7, 11) is 5.38. The normalized spacial score (nSPS) is 13.6. The first-order chi connectivity index (χ1) is 26.1. The fraction of sp³-hybridized carbons (Fsp3) is 0.717. The Morgan fingerprint density at radius 2 is 0.981 bits per heavy atom. The number of carboxylic acids is 1. The molecule has 2 unspecified atom stereocenters. The number of hydrogen-bond acceptors (Lipinski definition) is 7. The van der Waals surface area contributed by atoms with E-state index in [-0.39, 0.29) is 42.7 Å². The second-order valence-electron chi connectivity index (χ2n) is 15.2. The molecule has 0 saturated heterocycles. The van der Waals surface area contributed by atoms with Crippen molar-refractivity contribution < 1.29 is 38.2 Å². The Bertz CT molecular complexity index is 1070. The third-order valence-corrected chi connectivity index (χ3v) is 9.15. The third kappa shape index (κ3) is 34.8. The smallest absolute Gasteiger partial charge is 0.306 e. The first kappa shape index (κ1) is 51.0. The van der Waals surface area contributed by atoms with Gasteiger partial charge in [-0.25, -0.2) is 0 Å². The van der Waals surface area contributed by atoms with E-state index in [1.165, 1.54) is 57.8 Å². The number of ether oxygens (including phenoxy) is 3. The molecule has 0 rings (SSSR count). The van der Waals surface area contributed by atoms with Crippen molar-refractivity contribution in [3.8, 4) is 0 Å². The molecule has 0 fully saturated rings. The Labute approximate surface area is 330 Å². The average Bonchev–Trinajstić information content (AvgIpc) is 3.12. The lowest BCUT2D eigenvalue weighted by atomic mass is 10.0. The van der Waals surface area contributed by atoms with Crippen LogP contribution in [0, 0.1) is 0 Å². The largest absolute Gasteiger partial charge is 0.544 e. The van der Waals surface area contributed by atoms with Gasteiger partial charge in [-0.3, -0.25) is 9.59 Å². The highest BCUT2D eigenvalue weighted by Crippen LogP contribution is 2.14. The Balaban J connectivity index is 4.27. The second-order valence-corrected chi connectivity index (χ2v) is 15.2. The maximum absolute atomic E-state index is 12.7. The molecule has 0 heterocycles. The van der Waals surface area contributed by atoms with Crippen LogP contribution >= 0.6 is 0 Å². The summed E-state index contributed by atoms with van der Waals surface area (Å²) in [6.45, 7) is 4.37. The van der Waals surface area contributed by atoms with Crippen molar-refractivity contribution in [2.24, 2.45) is 0 Å². The maximum Gasteiger partial charge on any atom is 0.306 e. The highest BCUT2D eigenvalue weighted by molar-refractivity contribution is 5.70. The van der Waals surface area contributed by atoms with Crippen molar-refractivity contribution in [1.82, 2.24) is 0 Å². The van der Waals surface area contributed by atoms with E-state index in [1.807, 2.05) is 0 Å². The number of unbranched alkanes of at least 4 members (excludes halogenated alkanes) is 13. The molecule has 0 N–H and O–H groups in total. The van der Waals surface area contributed by atoms with Gasteiger partial charge in [0.15, 0.2) is 6.10 Å². The summed E-state index contributed by atoms with van der Waals surface area (Å²) >= 11 is 0. The molecule has 0 bridgehead atoms. The fourth-order valence-corrected chi connectivity index (χ4v) is 5.89. The Morgan fingerprint density at radius 3 is 1.48 bits per heavy atom. The van der Waals surface area contributed by atoms with Gasteiger partial charge in [-0.15, -0.1) is 0 Å². The number of allylic oxidation sites excluding steroid dienone is 10. The minimum Gasteiger partial charge on any atom is -0.544 e. The van der Waals surface area contributed by atoms with E-state index in [4.69, 9.17) is 14.2 Å². The van der Waals surface area contributed by atoms with Crippen molar-refractivity contribution in [3.05, 3.63) is 60.8 Å². The Hall–Kier alpha value is -2.97. The summed E-state index contributed by atoms with van der Waals surface area (Å²) in [5.41, 5.74) is 0. The molecule has 54 heavy (non-hydrogen) atoms. The van der Waals surface area contributed by atoms with E-state index in [2.05, 4.69) is 74.6 Å². The topological polar surface area (TPSA) is 102 Å². The number of aliphatic carboxylic acids is 1. The van der Waals surface area contributed by atoms with E-state index >= 15 is 0 Å². The molecule has 310 valence electrons. The van der Waals surface area contributed by atoms with Gasteiger partial charge in [-0.05, 0) is 70.6 Å². The highest BCUT2D eigenvalue weighted by Gasteiger charge is 2.25. The van der Waals surface area contributed by atoms with Gasteiger partial charge in [0.1, 0.15) is 12.6 Å². The van der Waals surface area contributed by atoms with Crippen LogP contribution in [0.5, 0.6) is 0 Å². The Morgan fingerprint density at radius 1 is 0.556 bits per heavy atom. The summed E-state index contributed by atoms with van der Waals surface area (Å²) in [6.07, 6.45) is 44.1. The van der Waals surface area contributed by atoms with Crippen LogP contribution in [0.2, 0.25) is 0 Å². The summed E-state index contributed by atoms with van der Waals surface area (Å²) in [5, 5.41) is 11.6. The molecule has 0 aromatic heterocycles. The van der Waals surface area contributed by atoms with Crippen LogP contribution in [0.25, 0.3) is 0 Å². The average molecular weight is 758 g/mol. The molecular formula is C46H79NO7. The monoisotopic (exact) mass is 758 g/mol. The molecular weight excluding hydrogens is 679 g/mol. The van der Waals surface area contributed by atoms with E-state index in [1.54, 1.807) is 21.1 Å². The first-order valence-electron chi connectivity index (χ1n) is 21.3. The number of esters is 2. The number of rotatable bonds is 37. The van der Waals surface area contributed by atoms with Gasteiger partial charge in [0.05, 0.1) is 40.3 Å². The van der Waals surface area contributed by atoms with Crippen LogP contribution < -0.4 is 5.11 Å². The quantitative estimate of drug-likeness (QED) is 0.0269. The lowest BCUT2D eigenvalue weighted by Crippen LogP contribution is -2.55. The molecule has 8 heteroatoms. The zero-order chi connectivity index (χ0) is 40.0. The molecule has 0 spiro atoms. The lowest BCUT2D eigenvalue weighted by molar-refractivity contribution is -0.889. The Kier molecular flexibility index (Phi) is 34.9. The van der Waals surface area contributed by atoms with Crippen molar-refractivity contribution in [3.63, 3.8) is 0 Å². The maximum atomic E-state index is 12.7. The zero-order valence-electron chi connectivity index (χ0n) is 35.1. The van der Waals surface area contributed by atoms with Gasteiger partial charge in [0, 0.05) is 19.3 Å². The molecule has 0 amide bonds. The number of carboxylic acid groups (broad SMARTS) is 1. The van der Waals surface area contributed by atoms with E-state index in [9.17, 15) is 19.5 Å². The van der Waals surface area contributed by atoms with Crippen LogP contribution in [-0.4, -0.2) is 75.5 Å². The van der Waals surface area contributed by atoms with Gasteiger partial charge in [0.2, 0.25) is 0 Å². The van der Waals surface area contributed by atoms with Gasteiger partial charge >= 0.3 is 11.9 Å². The van der Waals surface area contributed by atoms with Crippen LogP contribution in [0.4, 0.5) is 0 Å². The van der Waals surface area contributed by atoms with Crippen LogP contribution in [0.15, 0.2) is 60.8 Å². The molecule has 0 aromatic rings. The zero-order valence-corrected chi connectivity index (χ0v) is 35.1. The molecule has 0 aromatic carbocycles.